The molecule has 1 amide bonds. The third-order valence-electron chi connectivity index (χ3n) is 4.94. The van der Waals surface area contributed by atoms with Crippen LogP contribution in [0.3, 0.4) is 0 Å². The highest BCUT2D eigenvalue weighted by Gasteiger charge is 2.17. The van der Waals surface area contributed by atoms with E-state index in [1.807, 2.05) is 11.6 Å². The summed E-state index contributed by atoms with van der Waals surface area (Å²) in [6.07, 6.45) is 8.46. The van der Waals surface area contributed by atoms with Crippen molar-refractivity contribution in [1.29, 1.82) is 0 Å². The van der Waals surface area contributed by atoms with E-state index >= 15 is 0 Å². The van der Waals surface area contributed by atoms with Crippen LogP contribution in [-0.4, -0.2) is 21.3 Å². The maximum Gasteiger partial charge on any atom is 0.226 e. The summed E-state index contributed by atoms with van der Waals surface area (Å²) in [6, 6.07) is 8.75. The molecule has 0 unspecified atom stereocenters. The predicted molar refractivity (Wildman–Crippen MR) is 102 cm³/mol. The minimum Gasteiger partial charge on any atom is -0.353 e. The van der Waals surface area contributed by atoms with Crippen molar-refractivity contribution in [2.24, 2.45) is 0 Å². The summed E-state index contributed by atoms with van der Waals surface area (Å²) in [5.41, 5.74) is 4.32. The molecule has 4 nitrogen and oxygen atoms in total. The third kappa shape index (κ3) is 3.61. The van der Waals surface area contributed by atoms with Gasteiger partial charge in [-0.1, -0.05) is 49.1 Å². The Bertz CT molecular complexity index is 872. The number of hydrogen-bond acceptors (Lipinski definition) is 3. The van der Waals surface area contributed by atoms with Crippen LogP contribution in [0.4, 0.5) is 0 Å². The van der Waals surface area contributed by atoms with Gasteiger partial charge in [0, 0.05) is 28.9 Å². The Hall–Kier alpha value is -2.14. The van der Waals surface area contributed by atoms with Gasteiger partial charge in [-0.2, -0.15) is 0 Å². The number of rotatable bonds is 4. The van der Waals surface area contributed by atoms with Crippen molar-refractivity contribution >= 4 is 22.2 Å². The normalized spacial score (nSPS) is 15.6. The molecule has 2 aromatic heterocycles. The number of thiazole rings is 1. The molecule has 2 heterocycles. The summed E-state index contributed by atoms with van der Waals surface area (Å²) in [6.45, 7) is 2.08. The van der Waals surface area contributed by atoms with Gasteiger partial charge in [0.25, 0.3) is 0 Å². The molecular formula is C20H23N3OS. The number of aryl methyl sites for hydroxylation is 1. The van der Waals surface area contributed by atoms with E-state index in [1.165, 1.54) is 24.8 Å². The average Bonchev–Trinajstić information content (AvgIpc) is 3.18. The second kappa shape index (κ2) is 7.00. The minimum atomic E-state index is 0.122. The summed E-state index contributed by atoms with van der Waals surface area (Å²) in [7, 11) is 0. The zero-order chi connectivity index (χ0) is 17.2. The number of hydrogen-bond donors (Lipinski definition) is 1. The van der Waals surface area contributed by atoms with Gasteiger partial charge < -0.3 is 5.32 Å². The number of amides is 1. The van der Waals surface area contributed by atoms with Crippen molar-refractivity contribution in [3.63, 3.8) is 0 Å². The molecule has 1 fully saturated rings. The molecule has 0 radical (unpaired) electrons. The molecule has 0 bridgehead atoms. The Morgan fingerprint density at radius 1 is 1.24 bits per heavy atom. The van der Waals surface area contributed by atoms with Crippen LogP contribution in [0.5, 0.6) is 0 Å². The highest BCUT2D eigenvalue weighted by atomic mass is 32.1. The molecule has 0 saturated heterocycles. The first-order valence-electron chi connectivity index (χ1n) is 9.01. The topological polar surface area (TPSA) is 46.4 Å². The molecule has 130 valence electrons. The molecule has 3 aromatic rings. The summed E-state index contributed by atoms with van der Waals surface area (Å²) >= 11 is 1.59. The van der Waals surface area contributed by atoms with Crippen LogP contribution < -0.4 is 5.32 Å². The van der Waals surface area contributed by atoms with Crippen LogP contribution in [0.1, 0.15) is 43.4 Å². The number of carbonyl (C=O) groups excluding carboxylic acids is 1. The molecule has 4 rings (SSSR count). The van der Waals surface area contributed by atoms with Crippen LogP contribution in [0.25, 0.3) is 16.2 Å². The standard InChI is InChI=1S/C20H23N3OS/c1-14-7-9-15(10-8-14)18-12-23-17(13-25-20(23)22-18)11-19(24)21-16-5-3-2-4-6-16/h7-10,12-13,16H,2-6,11H2,1H3,(H,21,24). The lowest BCUT2D eigenvalue weighted by Crippen LogP contribution is -2.37. The number of aromatic nitrogens is 2. The molecule has 25 heavy (non-hydrogen) atoms. The largest absolute Gasteiger partial charge is 0.353 e. The fourth-order valence-corrected chi connectivity index (χ4v) is 4.38. The van der Waals surface area contributed by atoms with Gasteiger partial charge in [0.2, 0.25) is 5.91 Å². The lowest BCUT2D eigenvalue weighted by Gasteiger charge is -2.22. The number of imidazole rings is 1. The van der Waals surface area contributed by atoms with E-state index in [-0.39, 0.29) is 5.91 Å². The fraction of sp³-hybridized carbons (Fsp3) is 0.400. The maximum atomic E-state index is 12.4. The number of carbonyl (C=O) groups is 1. The van der Waals surface area contributed by atoms with E-state index in [0.717, 1.165) is 34.8 Å². The van der Waals surface area contributed by atoms with Crippen molar-refractivity contribution in [2.45, 2.75) is 51.5 Å². The van der Waals surface area contributed by atoms with Gasteiger partial charge in [-0.25, -0.2) is 4.98 Å². The molecule has 0 aliphatic heterocycles. The lowest BCUT2D eigenvalue weighted by molar-refractivity contribution is -0.121. The van der Waals surface area contributed by atoms with Gasteiger partial charge in [0.05, 0.1) is 12.1 Å². The van der Waals surface area contributed by atoms with Crippen molar-refractivity contribution < 1.29 is 4.79 Å². The first-order valence-corrected chi connectivity index (χ1v) is 9.89. The van der Waals surface area contributed by atoms with Crippen LogP contribution in [0, 0.1) is 6.92 Å². The molecule has 1 aromatic carbocycles. The quantitative estimate of drug-likeness (QED) is 0.757. The van der Waals surface area contributed by atoms with Crippen LogP contribution in [0.2, 0.25) is 0 Å². The van der Waals surface area contributed by atoms with E-state index < -0.39 is 0 Å². The van der Waals surface area contributed by atoms with Gasteiger partial charge in [0.15, 0.2) is 4.96 Å². The average molecular weight is 353 g/mol. The fourth-order valence-electron chi connectivity index (χ4n) is 3.51. The molecule has 5 heteroatoms. The number of fused-ring (bicyclic) bond motifs is 1. The molecule has 1 aliphatic rings. The Labute approximate surface area is 151 Å². The summed E-state index contributed by atoms with van der Waals surface area (Å²) in [5.74, 6) is 0.122. The first-order chi connectivity index (χ1) is 12.2. The molecule has 1 N–H and O–H groups in total. The van der Waals surface area contributed by atoms with Gasteiger partial charge in [-0.05, 0) is 19.8 Å². The second-order valence-electron chi connectivity index (χ2n) is 6.95. The van der Waals surface area contributed by atoms with Gasteiger partial charge >= 0.3 is 0 Å². The molecular weight excluding hydrogens is 330 g/mol. The minimum absolute atomic E-state index is 0.122. The Morgan fingerprint density at radius 2 is 2.00 bits per heavy atom. The smallest absolute Gasteiger partial charge is 0.226 e. The molecule has 0 atom stereocenters. The second-order valence-corrected chi connectivity index (χ2v) is 7.79. The highest BCUT2D eigenvalue weighted by Crippen LogP contribution is 2.24. The first kappa shape index (κ1) is 16.3. The van der Waals surface area contributed by atoms with Gasteiger partial charge in [-0.3, -0.25) is 9.20 Å². The lowest BCUT2D eigenvalue weighted by atomic mass is 9.95. The van der Waals surface area contributed by atoms with E-state index in [9.17, 15) is 4.79 Å². The monoisotopic (exact) mass is 353 g/mol. The zero-order valence-electron chi connectivity index (χ0n) is 14.5. The Balaban J connectivity index is 1.50. The van der Waals surface area contributed by atoms with Crippen molar-refractivity contribution in [2.75, 3.05) is 0 Å². The third-order valence-corrected chi connectivity index (χ3v) is 5.83. The Kier molecular flexibility index (Phi) is 4.57. The zero-order valence-corrected chi connectivity index (χ0v) is 15.3. The molecule has 1 aliphatic carbocycles. The number of nitrogens with one attached hydrogen (secondary N) is 1. The van der Waals surface area contributed by atoms with Crippen molar-refractivity contribution in [3.05, 3.63) is 47.1 Å². The van der Waals surface area contributed by atoms with Gasteiger partial charge in [-0.15, -0.1) is 11.3 Å². The van der Waals surface area contributed by atoms with Crippen LogP contribution >= 0.6 is 11.3 Å². The van der Waals surface area contributed by atoms with E-state index in [1.54, 1.807) is 11.3 Å². The summed E-state index contributed by atoms with van der Waals surface area (Å²) in [5, 5.41) is 5.24. The molecule has 1 saturated carbocycles. The Morgan fingerprint density at radius 3 is 2.76 bits per heavy atom. The summed E-state index contributed by atoms with van der Waals surface area (Å²) < 4.78 is 2.06. The highest BCUT2D eigenvalue weighted by molar-refractivity contribution is 7.15. The van der Waals surface area contributed by atoms with Crippen LogP contribution in [0.15, 0.2) is 35.8 Å². The predicted octanol–water partition coefficient (Wildman–Crippen LogP) is 4.36. The van der Waals surface area contributed by atoms with E-state index in [4.69, 9.17) is 4.98 Å². The van der Waals surface area contributed by atoms with Crippen molar-refractivity contribution in [3.8, 4) is 11.3 Å². The molecule has 0 spiro atoms. The van der Waals surface area contributed by atoms with Crippen molar-refractivity contribution in [1.82, 2.24) is 14.7 Å². The SMILES string of the molecule is Cc1ccc(-c2cn3c(CC(=O)NC4CCCCC4)csc3n2)cc1. The van der Waals surface area contributed by atoms with E-state index in [0.29, 0.717) is 12.5 Å². The van der Waals surface area contributed by atoms with Crippen LogP contribution in [-0.2, 0) is 11.2 Å². The van der Waals surface area contributed by atoms with Gasteiger partial charge in [0.1, 0.15) is 0 Å². The maximum absolute atomic E-state index is 12.4. The van der Waals surface area contributed by atoms with E-state index in [2.05, 4.69) is 40.9 Å². The summed E-state index contributed by atoms with van der Waals surface area (Å²) in [4.78, 5) is 18.0. The number of benzene rings is 1. The number of nitrogens with zero attached hydrogens (tertiary/aromatic N) is 2.